The minimum atomic E-state index is -0.494. The number of aliphatic hydroxyl groups is 1. The summed E-state index contributed by atoms with van der Waals surface area (Å²) in [7, 11) is 0. The molecule has 1 aromatic carbocycles. The Balaban J connectivity index is 3.18. The summed E-state index contributed by atoms with van der Waals surface area (Å²) in [6.45, 7) is 3.32. The molecule has 3 N–H and O–H groups in total. The number of benzene rings is 1. The highest BCUT2D eigenvalue weighted by Crippen LogP contribution is 2.24. The Morgan fingerprint density at radius 1 is 1.53 bits per heavy atom. The quantitative estimate of drug-likeness (QED) is 0.807. The normalized spacial score (nSPS) is 10.6. The third-order valence-corrected chi connectivity index (χ3v) is 2.51. The number of hydrogen-bond donors (Lipinski definition) is 2. The zero-order valence-electron chi connectivity index (χ0n) is 9.98. The number of rotatable bonds is 5. The van der Waals surface area contributed by atoms with E-state index in [4.69, 9.17) is 5.73 Å². The van der Waals surface area contributed by atoms with Gasteiger partial charge in [0.2, 0.25) is 5.91 Å². The third-order valence-electron chi connectivity index (χ3n) is 2.51. The van der Waals surface area contributed by atoms with E-state index in [1.54, 1.807) is 17.0 Å². The van der Waals surface area contributed by atoms with Crippen LogP contribution in [0.1, 0.15) is 19.4 Å². The lowest BCUT2D eigenvalue weighted by Gasteiger charge is -2.29. The zero-order valence-corrected chi connectivity index (χ0v) is 9.98. The minimum absolute atomic E-state index is 0.00583. The van der Waals surface area contributed by atoms with E-state index in [-0.39, 0.29) is 18.2 Å². The van der Waals surface area contributed by atoms with Crippen molar-refractivity contribution in [2.45, 2.75) is 26.5 Å². The van der Waals surface area contributed by atoms with Crippen LogP contribution in [0.5, 0.6) is 0 Å². The molecule has 0 aliphatic rings. The average Bonchev–Trinajstić information content (AvgIpc) is 2.25. The topological polar surface area (TPSA) is 66.6 Å². The molecule has 0 aliphatic carbocycles. The van der Waals surface area contributed by atoms with Crippen LogP contribution in [-0.2, 0) is 11.4 Å². The Morgan fingerprint density at radius 3 is 2.65 bits per heavy atom. The van der Waals surface area contributed by atoms with Gasteiger partial charge in [-0.3, -0.25) is 4.79 Å². The molecule has 0 unspecified atom stereocenters. The fourth-order valence-corrected chi connectivity index (χ4v) is 1.69. The van der Waals surface area contributed by atoms with Crippen LogP contribution >= 0.6 is 0 Å². The molecule has 1 amide bonds. The van der Waals surface area contributed by atoms with Crippen LogP contribution in [0.4, 0.5) is 10.1 Å². The number of primary amides is 1. The second-order valence-corrected chi connectivity index (χ2v) is 4.08. The summed E-state index contributed by atoms with van der Waals surface area (Å²) in [5.41, 5.74) is 5.85. The first-order valence-electron chi connectivity index (χ1n) is 5.40. The highest BCUT2D eigenvalue weighted by atomic mass is 19.1. The maximum atomic E-state index is 13.5. The molecule has 0 aliphatic heterocycles. The van der Waals surface area contributed by atoms with Gasteiger partial charge in [-0.25, -0.2) is 4.39 Å². The van der Waals surface area contributed by atoms with Crippen LogP contribution in [0.2, 0.25) is 0 Å². The van der Waals surface area contributed by atoms with Crippen molar-refractivity contribution in [3.63, 3.8) is 0 Å². The molecular weight excluding hydrogens is 223 g/mol. The number of nitrogens with two attached hydrogens (primary N) is 1. The fraction of sp³-hybridized carbons (Fsp3) is 0.417. The number of nitrogens with zero attached hydrogens (tertiary/aromatic N) is 1. The number of anilines is 1. The lowest BCUT2D eigenvalue weighted by Crippen LogP contribution is -2.39. The predicted octanol–water partition coefficient (Wildman–Crippen LogP) is 1.02. The lowest BCUT2D eigenvalue weighted by molar-refractivity contribution is -0.116. The van der Waals surface area contributed by atoms with Crippen molar-refractivity contribution in [3.8, 4) is 0 Å². The van der Waals surface area contributed by atoms with Gasteiger partial charge in [-0.05, 0) is 26.0 Å². The van der Waals surface area contributed by atoms with Crippen molar-refractivity contribution in [1.82, 2.24) is 0 Å². The molecule has 1 aromatic rings. The smallest absolute Gasteiger partial charge is 0.236 e. The standard InChI is InChI=1S/C12H17FN2O2/c1-8(2)15(6-12(14)17)11-5-3-4-10(13)9(11)7-16/h3-5,8,16H,6-7H2,1-2H3,(H2,14,17). The second-order valence-electron chi connectivity index (χ2n) is 4.08. The molecule has 0 fully saturated rings. The van der Waals surface area contributed by atoms with Crippen LogP contribution in [0, 0.1) is 5.82 Å². The van der Waals surface area contributed by atoms with Crippen LogP contribution in [0.15, 0.2) is 18.2 Å². The highest BCUT2D eigenvalue weighted by molar-refractivity contribution is 5.80. The van der Waals surface area contributed by atoms with Crippen LogP contribution in [0.3, 0.4) is 0 Å². The molecule has 5 heteroatoms. The summed E-state index contributed by atoms with van der Waals surface area (Å²) in [4.78, 5) is 12.7. The first-order valence-corrected chi connectivity index (χ1v) is 5.40. The molecule has 0 saturated heterocycles. The first-order chi connectivity index (χ1) is 7.97. The van der Waals surface area contributed by atoms with Gasteiger partial charge in [0.15, 0.2) is 0 Å². The summed E-state index contributed by atoms with van der Waals surface area (Å²) in [6.07, 6.45) is 0. The largest absolute Gasteiger partial charge is 0.391 e. The van der Waals surface area contributed by atoms with Gasteiger partial charge in [0, 0.05) is 17.3 Å². The van der Waals surface area contributed by atoms with Crippen LogP contribution in [-0.4, -0.2) is 23.6 Å². The Hall–Kier alpha value is -1.62. The predicted molar refractivity (Wildman–Crippen MR) is 64.0 cm³/mol. The van der Waals surface area contributed by atoms with Crippen molar-refractivity contribution < 1.29 is 14.3 Å². The molecule has 17 heavy (non-hydrogen) atoms. The maximum Gasteiger partial charge on any atom is 0.236 e. The molecule has 0 radical (unpaired) electrons. The van der Waals surface area contributed by atoms with E-state index in [9.17, 15) is 14.3 Å². The van der Waals surface area contributed by atoms with Crippen LogP contribution < -0.4 is 10.6 Å². The summed E-state index contributed by atoms with van der Waals surface area (Å²) in [6, 6.07) is 4.46. The molecule has 0 atom stereocenters. The van der Waals surface area contributed by atoms with E-state index in [1.165, 1.54) is 6.07 Å². The van der Waals surface area contributed by atoms with Crippen molar-refractivity contribution in [2.24, 2.45) is 5.73 Å². The Bertz CT molecular complexity index is 407. The van der Waals surface area contributed by atoms with Gasteiger partial charge >= 0.3 is 0 Å². The fourth-order valence-electron chi connectivity index (χ4n) is 1.69. The summed E-state index contributed by atoms with van der Waals surface area (Å²) in [5, 5.41) is 9.18. The van der Waals surface area contributed by atoms with Gasteiger partial charge in [-0.2, -0.15) is 0 Å². The number of amides is 1. The van der Waals surface area contributed by atoms with Crippen molar-refractivity contribution in [3.05, 3.63) is 29.6 Å². The van der Waals surface area contributed by atoms with Crippen molar-refractivity contribution in [2.75, 3.05) is 11.4 Å². The van der Waals surface area contributed by atoms with E-state index in [0.717, 1.165) is 0 Å². The highest BCUT2D eigenvalue weighted by Gasteiger charge is 2.18. The van der Waals surface area contributed by atoms with Gasteiger partial charge in [0.05, 0.1) is 13.2 Å². The molecule has 4 nitrogen and oxygen atoms in total. The van der Waals surface area contributed by atoms with Crippen molar-refractivity contribution in [1.29, 1.82) is 0 Å². The van der Waals surface area contributed by atoms with Gasteiger partial charge in [-0.1, -0.05) is 6.07 Å². The summed E-state index contributed by atoms with van der Waals surface area (Å²) >= 11 is 0. The SMILES string of the molecule is CC(C)N(CC(N)=O)c1cccc(F)c1CO. The first kappa shape index (κ1) is 13.4. The second kappa shape index (κ2) is 5.63. The van der Waals surface area contributed by atoms with Gasteiger partial charge in [0.25, 0.3) is 0 Å². The molecule has 94 valence electrons. The number of carbonyl (C=O) groups is 1. The molecule has 0 saturated carbocycles. The Labute approximate surface area is 99.8 Å². The average molecular weight is 240 g/mol. The van der Waals surface area contributed by atoms with E-state index < -0.39 is 18.3 Å². The monoisotopic (exact) mass is 240 g/mol. The molecule has 0 spiro atoms. The van der Waals surface area contributed by atoms with E-state index in [1.807, 2.05) is 13.8 Å². The van der Waals surface area contributed by atoms with Gasteiger partial charge in [-0.15, -0.1) is 0 Å². The number of carbonyl (C=O) groups excluding carboxylic acids is 1. The lowest BCUT2D eigenvalue weighted by atomic mass is 10.1. The van der Waals surface area contributed by atoms with E-state index in [2.05, 4.69) is 0 Å². The van der Waals surface area contributed by atoms with Gasteiger partial charge < -0.3 is 15.7 Å². The summed E-state index contributed by atoms with van der Waals surface area (Å²) in [5.74, 6) is -0.980. The zero-order chi connectivity index (χ0) is 13.0. The van der Waals surface area contributed by atoms with E-state index >= 15 is 0 Å². The number of aliphatic hydroxyl groups excluding tert-OH is 1. The molecule has 0 bridgehead atoms. The molecule has 0 aromatic heterocycles. The number of hydrogen-bond acceptors (Lipinski definition) is 3. The minimum Gasteiger partial charge on any atom is -0.391 e. The Kier molecular flexibility index (Phi) is 4.45. The molecule has 1 rings (SSSR count). The third kappa shape index (κ3) is 3.17. The van der Waals surface area contributed by atoms with Crippen molar-refractivity contribution >= 4 is 11.6 Å². The maximum absolute atomic E-state index is 13.5. The summed E-state index contributed by atoms with van der Waals surface area (Å²) < 4.78 is 13.5. The Morgan fingerprint density at radius 2 is 2.18 bits per heavy atom. The molecule has 0 heterocycles. The van der Waals surface area contributed by atoms with Crippen LogP contribution in [0.25, 0.3) is 0 Å². The van der Waals surface area contributed by atoms with Gasteiger partial charge in [0.1, 0.15) is 5.82 Å². The molecular formula is C12H17FN2O2. The number of halogens is 1. The van der Waals surface area contributed by atoms with E-state index in [0.29, 0.717) is 5.69 Å².